The molecule has 3 rings (SSSR count). The van der Waals surface area contributed by atoms with E-state index in [2.05, 4.69) is 9.55 Å². The van der Waals surface area contributed by atoms with Gasteiger partial charge in [0.05, 0.1) is 5.56 Å². The smallest absolute Gasteiger partial charge is 0.338 e. The van der Waals surface area contributed by atoms with Gasteiger partial charge in [0.2, 0.25) is 0 Å². The molecule has 2 aromatic heterocycles. The summed E-state index contributed by atoms with van der Waals surface area (Å²) in [6.45, 7) is 3.30. The van der Waals surface area contributed by atoms with Gasteiger partial charge in [-0.3, -0.25) is 0 Å². The van der Waals surface area contributed by atoms with Crippen molar-refractivity contribution in [2.75, 3.05) is 13.2 Å². The average Bonchev–Trinajstić information content (AvgIpc) is 2.71. The van der Waals surface area contributed by atoms with Crippen molar-refractivity contribution in [2.24, 2.45) is 0 Å². The monoisotopic (exact) mass is 260 g/mol. The molecule has 1 fully saturated rings. The molecular weight excluding hydrogens is 244 g/mol. The highest BCUT2D eigenvalue weighted by atomic mass is 16.5. The Morgan fingerprint density at radius 1 is 1.47 bits per heavy atom. The van der Waals surface area contributed by atoms with Crippen LogP contribution in [0.25, 0.3) is 11.0 Å². The van der Waals surface area contributed by atoms with Crippen LogP contribution in [0.1, 0.15) is 34.9 Å². The normalized spacial score (nSPS) is 16.9. The van der Waals surface area contributed by atoms with Gasteiger partial charge in [0.15, 0.2) is 0 Å². The fraction of sp³-hybridized carbons (Fsp3) is 0.429. The molecule has 0 atom stereocenters. The lowest BCUT2D eigenvalue weighted by Gasteiger charge is -2.25. The fourth-order valence-corrected chi connectivity index (χ4v) is 2.92. The highest BCUT2D eigenvalue weighted by Crippen LogP contribution is 2.31. The summed E-state index contributed by atoms with van der Waals surface area (Å²) in [6, 6.07) is 3.89. The summed E-state index contributed by atoms with van der Waals surface area (Å²) in [4.78, 5) is 15.8. The summed E-state index contributed by atoms with van der Waals surface area (Å²) in [5.41, 5.74) is 1.92. The number of nitrogens with zero attached hydrogens (tertiary/aromatic N) is 2. The van der Waals surface area contributed by atoms with E-state index in [4.69, 9.17) is 4.74 Å². The van der Waals surface area contributed by atoms with Crippen LogP contribution in [0.2, 0.25) is 0 Å². The molecule has 1 saturated heterocycles. The average molecular weight is 260 g/mol. The predicted molar refractivity (Wildman–Crippen MR) is 70.5 cm³/mol. The van der Waals surface area contributed by atoms with Gasteiger partial charge in [-0.15, -0.1) is 0 Å². The number of fused-ring (bicyclic) bond motifs is 1. The maximum absolute atomic E-state index is 11.5. The van der Waals surface area contributed by atoms with Crippen LogP contribution in [0.3, 0.4) is 0 Å². The molecule has 5 heteroatoms. The highest BCUT2D eigenvalue weighted by Gasteiger charge is 2.25. The molecule has 0 radical (unpaired) electrons. The highest BCUT2D eigenvalue weighted by molar-refractivity contribution is 6.04. The Balaban J connectivity index is 2.23. The summed E-state index contributed by atoms with van der Waals surface area (Å²) in [5, 5.41) is 10.1. The van der Waals surface area contributed by atoms with Crippen molar-refractivity contribution in [1.82, 2.24) is 9.55 Å². The Kier molecular flexibility index (Phi) is 2.98. The number of carbonyl (C=O) groups is 1. The van der Waals surface area contributed by atoms with Crippen molar-refractivity contribution in [2.45, 2.75) is 25.8 Å². The largest absolute Gasteiger partial charge is 0.478 e. The second-order valence-corrected chi connectivity index (χ2v) is 4.85. The quantitative estimate of drug-likeness (QED) is 0.900. The summed E-state index contributed by atoms with van der Waals surface area (Å²) in [7, 11) is 0. The van der Waals surface area contributed by atoms with Crippen molar-refractivity contribution in [3.63, 3.8) is 0 Å². The third kappa shape index (κ3) is 1.90. The lowest BCUT2D eigenvalue weighted by atomic mass is 10.1. The molecule has 0 amide bonds. The van der Waals surface area contributed by atoms with Gasteiger partial charge in [-0.05, 0) is 31.9 Å². The van der Waals surface area contributed by atoms with E-state index in [1.807, 2.05) is 13.0 Å². The number of aromatic carboxylic acids is 1. The Morgan fingerprint density at radius 3 is 2.89 bits per heavy atom. The molecule has 100 valence electrons. The number of carboxylic acids is 1. The van der Waals surface area contributed by atoms with Crippen molar-refractivity contribution < 1.29 is 14.6 Å². The number of hydrogen-bond acceptors (Lipinski definition) is 3. The first-order chi connectivity index (χ1) is 9.20. The van der Waals surface area contributed by atoms with Gasteiger partial charge in [-0.1, -0.05) is 0 Å². The van der Waals surface area contributed by atoms with E-state index in [1.54, 1.807) is 12.3 Å². The lowest BCUT2D eigenvalue weighted by molar-refractivity contribution is 0.0684. The molecule has 2 aromatic rings. The lowest BCUT2D eigenvalue weighted by Crippen LogP contribution is -2.20. The molecule has 0 aromatic carbocycles. The molecule has 0 bridgehead atoms. The van der Waals surface area contributed by atoms with Crippen molar-refractivity contribution in [3.05, 3.63) is 29.6 Å². The van der Waals surface area contributed by atoms with E-state index in [9.17, 15) is 9.90 Å². The van der Waals surface area contributed by atoms with E-state index < -0.39 is 5.97 Å². The Morgan fingerprint density at radius 2 is 2.21 bits per heavy atom. The first kappa shape index (κ1) is 12.2. The number of carboxylic acid groups (broad SMARTS) is 1. The third-order valence-corrected chi connectivity index (χ3v) is 3.78. The molecule has 0 aliphatic carbocycles. The zero-order chi connectivity index (χ0) is 13.4. The molecule has 1 N–H and O–H groups in total. The minimum atomic E-state index is -0.888. The molecule has 19 heavy (non-hydrogen) atoms. The zero-order valence-electron chi connectivity index (χ0n) is 10.8. The molecule has 3 heterocycles. The molecule has 1 aliphatic heterocycles. The Hall–Kier alpha value is -1.88. The topological polar surface area (TPSA) is 64.3 Å². The summed E-state index contributed by atoms with van der Waals surface area (Å²) < 4.78 is 7.45. The second kappa shape index (κ2) is 4.66. The number of hydrogen-bond donors (Lipinski definition) is 1. The van der Waals surface area contributed by atoms with Gasteiger partial charge in [-0.2, -0.15) is 0 Å². The molecular formula is C14H16N2O3. The summed E-state index contributed by atoms with van der Waals surface area (Å²) >= 11 is 0. The maximum Gasteiger partial charge on any atom is 0.338 e. The Labute approximate surface area is 110 Å². The fourth-order valence-electron chi connectivity index (χ4n) is 2.92. The number of ether oxygens (including phenoxy) is 1. The summed E-state index contributed by atoms with van der Waals surface area (Å²) in [6.07, 6.45) is 3.52. The van der Waals surface area contributed by atoms with Crippen molar-refractivity contribution in [3.8, 4) is 0 Å². The Bertz CT molecular complexity index is 627. The van der Waals surface area contributed by atoms with Gasteiger partial charge in [0.1, 0.15) is 5.65 Å². The van der Waals surface area contributed by atoms with Gasteiger partial charge in [0, 0.05) is 36.5 Å². The van der Waals surface area contributed by atoms with E-state index in [-0.39, 0.29) is 6.04 Å². The first-order valence-corrected chi connectivity index (χ1v) is 6.46. The third-order valence-electron chi connectivity index (χ3n) is 3.78. The first-order valence-electron chi connectivity index (χ1n) is 6.46. The molecule has 5 nitrogen and oxygen atoms in total. The van der Waals surface area contributed by atoms with Gasteiger partial charge < -0.3 is 14.4 Å². The van der Waals surface area contributed by atoms with Gasteiger partial charge >= 0.3 is 5.97 Å². The molecule has 1 aliphatic rings. The van der Waals surface area contributed by atoms with Crippen LogP contribution >= 0.6 is 0 Å². The van der Waals surface area contributed by atoms with Crippen LogP contribution in [0.15, 0.2) is 18.3 Å². The van der Waals surface area contributed by atoms with Crippen molar-refractivity contribution in [1.29, 1.82) is 0 Å². The molecule has 0 saturated carbocycles. The van der Waals surface area contributed by atoms with E-state index in [0.29, 0.717) is 5.56 Å². The minimum Gasteiger partial charge on any atom is -0.478 e. The van der Waals surface area contributed by atoms with Crippen LogP contribution in [-0.2, 0) is 4.74 Å². The van der Waals surface area contributed by atoms with Crippen molar-refractivity contribution >= 4 is 17.0 Å². The van der Waals surface area contributed by atoms with E-state index >= 15 is 0 Å². The maximum atomic E-state index is 11.5. The van der Waals surface area contributed by atoms with E-state index in [0.717, 1.165) is 42.8 Å². The van der Waals surface area contributed by atoms with Crippen LogP contribution < -0.4 is 0 Å². The number of aromatic nitrogens is 2. The SMILES string of the molecule is Cc1c(C(=O)O)c2cccnc2n1C1CCOCC1. The predicted octanol–water partition coefficient (Wildman–Crippen LogP) is 2.39. The minimum absolute atomic E-state index is 0.277. The van der Waals surface area contributed by atoms with Crippen LogP contribution in [0.4, 0.5) is 0 Å². The van der Waals surface area contributed by atoms with Crippen LogP contribution in [-0.4, -0.2) is 33.8 Å². The van der Waals surface area contributed by atoms with E-state index in [1.165, 1.54) is 0 Å². The molecule has 0 unspecified atom stereocenters. The molecule has 0 spiro atoms. The zero-order valence-corrected chi connectivity index (χ0v) is 10.8. The second-order valence-electron chi connectivity index (χ2n) is 4.85. The standard InChI is InChI=1S/C14H16N2O3/c1-9-12(14(17)18)11-3-2-6-15-13(11)16(9)10-4-7-19-8-5-10/h2-3,6,10H,4-5,7-8H2,1H3,(H,17,18). The van der Waals surface area contributed by atoms with Crippen LogP contribution in [0.5, 0.6) is 0 Å². The van der Waals surface area contributed by atoms with Gasteiger partial charge in [-0.25, -0.2) is 9.78 Å². The number of rotatable bonds is 2. The van der Waals surface area contributed by atoms with Crippen LogP contribution in [0, 0.1) is 6.92 Å². The number of pyridine rings is 1. The summed E-state index contributed by atoms with van der Waals surface area (Å²) in [5.74, 6) is -0.888. The van der Waals surface area contributed by atoms with Gasteiger partial charge in [0.25, 0.3) is 0 Å².